The van der Waals surface area contributed by atoms with E-state index in [1.807, 2.05) is 0 Å². The molecule has 0 bridgehead atoms. The van der Waals surface area contributed by atoms with E-state index in [0.29, 0.717) is 24.9 Å². The normalized spacial score (nSPS) is 18.1. The van der Waals surface area contributed by atoms with Crippen molar-refractivity contribution in [3.63, 3.8) is 0 Å². The highest BCUT2D eigenvalue weighted by molar-refractivity contribution is 5.96. The fraction of sp³-hybridized carbons (Fsp3) is 0.429. The minimum absolute atomic E-state index is 0.214. The van der Waals surface area contributed by atoms with E-state index in [1.165, 1.54) is 30.3 Å². The molecule has 7 nitrogen and oxygen atoms in total. The van der Waals surface area contributed by atoms with Gasteiger partial charge in [0.05, 0.1) is 11.5 Å². The minimum Gasteiger partial charge on any atom is -0.481 e. The fourth-order valence-electron chi connectivity index (χ4n) is 2.33. The quantitative estimate of drug-likeness (QED) is 0.838. The van der Waals surface area contributed by atoms with Crippen molar-refractivity contribution >= 4 is 17.8 Å². The first-order valence-electron chi connectivity index (χ1n) is 6.73. The topological polar surface area (TPSA) is 99.6 Å². The number of amides is 2. The van der Waals surface area contributed by atoms with E-state index in [0.717, 1.165) is 0 Å². The van der Waals surface area contributed by atoms with Crippen molar-refractivity contribution in [3.8, 4) is 0 Å². The Balaban J connectivity index is 2.09. The van der Waals surface area contributed by atoms with Crippen LogP contribution in [0.4, 0.5) is 0 Å². The van der Waals surface area contributed by atoms with Crippen molar-refractivity contribution in [2.24, 2.45) is 5.92 Å². The predicted molar refractivity (Wildman–Crippen MR) is 73.9 cm³/mol. The van der Waals surface area contributed by atoms with Gasteiger partial charge >= 0.3 is 5.97 Å². The van der Waals surface area contributed by atoms with E-state index >= 15 is 0 Å². The fourth-order valence-corrected chi connectivity index (χ4v) is 2.33. The molecule has 7 heteroatoms. The first kappa shape index (κ1) is 15.0. The molecule has 0 saturated carbocycles. The summed E-state index contributed by atoms with van der Waals surface area (Å²) >= 11 is 0. The zero-order valence-corrected chi connectivity index (χ0v) is 11.7. The Labute approximate surface area is 122 Å². The van der Waals surface area contributed by atoms with E-state index < -0.39 is 11.9 Å². The highest BCUT2D eigenvalue weighted by atomic mass is 16.4. The number of nitrogens with zero attached hydrogens (tertiary/aromatic N) is 2. The van der Waals surface area contributed by atoms with Gasteiger partial charge < -0.3 is 15.3 Å². The Hall–Kier alpha value is -2.44. The lowest BCUT2D eigenvalue weighted by atomic mass is 9.98. The number of rotatable bonds is 3. The number of piperidine rings is 1. The number of aliphatic carboxylic acids is 1. The summed E-state index contributed by atoms with van der Waals surface area (Å²) in [5.41, 5.74) is 0.588. The number of carboxylic acids is 1. The number of carboxylic acid groups (broad SMARTS) is 1. The maximum atomic E-state index is 12.3. The zero-order valence-electron chi connectivity index (χ0n) is 11.7. The lowest BCUT2D eigenvalue weighted by Gasteiger charge is -2.30. The van der Waals surface area contributed by atoms with Crippen molar-refractivity contribution < 1.29 is 19.5 Å². The molecule has 1 aliphatic heterocycles. The molecule has 21 heavy (non-hydrogen) atoms. The Kier molecular flexibility index (Phi) is 4.52. The SMILES string of the molecule is CNC(=O)c1ccc(C(=O)N2CCCC(C(=O)O)C2)cn1. The van der Waals surface area contributed by atoms with Crippen molar-refractivity contribution in [3.05, 3.63) is 29.6 Å². The molecule has 1 atom stereocenters. The second kappa shape index (κ2) is 6.34. The van der Waals surface area contributed by atoms with Crippen LogP contribution in [0, 0.1) is 5.92 Å². The highest BCUT2D eigenvalue weighted by Gasteiger charge is 2.28. The molecule has 112 valence electrons. The molecule has 2 rings (SSSR count). The number of carbonyl (C=O) groups excluding carboxylic acids is 2. The van der Waals surface area contributed by atoms with Crippen LogP contribution in [0.1, 0.15) is 33.7 Å². The molecule has 2 amide bonds. The molecule has 0 radical (unpaired) electrons. The molecule has 1 aromatic heterocycles. The molecule has 1 aliphatic rings. The van der Waals surface area contributed by atoms with Crippen LogP contribution in [-0.2, 0) is 4.79 Å². The second-order valence-electron chi connectivity index (χ2n) is 4.94. The van der Waals surface area contributed by atoms with Gasteiger partial charge in [0.2, 0.25) is 0 Å². The first-order chi connectivity index (χ1) is 10.0. The summed E-state index contributed by atoms with van der Waals surface area (Å²) in [5, 5.41) is 11.5. The monoisotopic (exact) mass is 291 g/mol. The smallest absolute Gasteiger partial charge is 0.308 e. The summed E-state index contributed by atoms with van der Waals surface area (Å²) < 4.78 is 0. The third-order valence-corrected chi connectivity index (χ3v) is 3.53. The Morgan fingerprint density at radius 3 is 2.71 bits per heavy atom. The lowest BCUT2D eigenvalue weighted by molar-refractivity contribution is -0.143. The number of hydrogen-bond acceptors (Lipinski definition) is 4. The van der Waals surface area contributed by atoms with Gasteiger partial charge in [0, 0.05) is 26.3 Å². The van der Waals surface area contributed by atoms with Crippen LogP contribution in [-0.4, -0.2) is 52.9 Å². The Morgan fingerprint density at radius 2 is 2.14 bits per heavy atom. The molecule has 1 fully saturated rings. The summed E-state index contributed by atoms with van der Waals surface area (Å²) in [4.78, 5) is 40.2. The van der Waals surface area contributed by atoms with Gasteiger partial charge in [0.15, 0.2) is 0 Å². The molecular weight excluding hydrogens is 274 g/mol. The molecule has 0 aromatic carbocycles. The maximum Gasteiger partial charge on any atom is 0.308 e. The van der Waals surface area contributed by atoms with Crippen molar-refractivity contribution in [1.82, 2.24) is 15.2 Å². The van der Waals surface area contributed by atoms with Gasteiger partial charge in [-0.05, 0) is 25.0 Å². The number of aromatic nitrogens is 1. The first-order valence-corrected chi connectivity index (χ1v) is 6.73. The van der Waals surface area contributed by atoms with Gasteiger partial charge in [0.25, 0.3) is 11.8 Å². The number of hydrogen-bond donors (Lipinski definition) is 2. The van der Waals surface area contributed by atoms with Crippen LogP contribution in [0.2, 0.25) is 0 Å². The van der Waals surface area contributed by atoms with Gasteiger partial charge in [0.1, 0.15) is 5.69 Å². The molecule has 1 saturated heterocycles. The average molecular weight is 291 g/mol. The molecule has 0 aliphatic carbocycles. The van der Waals surface area contributed by atoms with Crippen molar-refractivity contribution in [2.75, 3.05) is 20.1 Å². The van der Waals surface area contributed by atoms with Gasteiger partial charge in [-0.25, -0.2) is 0 Å². The van der Waals surface area contributed by atoms with E-state index in [2.05, 4.69) is 10.3 Å². The van der Waals surface area contributed by atoms with Crippen molar-refractivity contribution in [1.29, 1.82) is 0 Å². The van der Waals surface area contributed by atoms with Crippen LogP contribution in [0.5, 0.6) is 0 Å². The zero-order chi connectivity index (χ0) is 15.4. The van der Waals surface area contributed by atoms with Crippen LogP contribution in [0.3, 0.4) is 0 Å². The van der Waals surface area contributed by atoms with Gasteiger partial charge in [-0.15, -0.1) is 0 Å². The largest absolute Gasteiger partial charge is 0.481 e. The van der Waals surface area contributed by atoms with E-state index in [-0.39, 0.29) is 24.1 Å². The molecule has 2 heterocycles. The van der Waals surface area contributed by atoms with E-state index in [9.17, 15) is 14.4 Å². The molecule has 2 N–H and O–H groups in total. The minimum atomic E-state index is -0.874. The van der Waals surface area contributed by atoms with Crippen LogP contribution >= 0.6 is 0 Å². The second-order valence-corrected chi connectivity index (χ2v) is 4.94. The van der Waals surface area contributed by atoms with Crippen LogP contribution in [0.15, 0.2) is 18.3 Å². The highest BCUT2D eigenvalue weighted by Crippen LogP contribution is 2.18. The van der Waals surface area contributed by atoms with Gasteiger partial charge in [-0.1, -0.05) is 0 Å². The van der Waals surface area contributed by atoms with Crippen LogP contribution < -0.4 is 5.32 Å². The summed E-state index contributed by atoms with van der Waals surface area (Å²) in [6.07, 6.45) is 2.61. The summed E-state index contributed by atoms with van der Waals surface area (Å²) in [7, 11) is 1.50. The van der Waals surface area contributed by atoms with E-state index in [4.69, 9.17) is 5.11 Å². The maximum absolute atomic E-state index is 12.3. The predicted octanol–water partition coefficient (Wildman–Crippen LogP) is 0.378. The summed E-state index contributed by atoms with van der Waals surface area (Å²) in [6.45, 7) is 0.755. The van der Waals surface area contributed by atoms with Crippen molar-refractivity contribution in [2.45, 2.75) is 12.8 Å². The lowest BCUT2D eigenvalue weighted by Crippen LogP contribution is -2.42. The third-order valence-electron chi connectivity index (χ3n) is 3.53. The summed E-state index contributed by atoms with van der Waals surface area (Å²) in [6, 6.07) is 3.01. The Bertz CT molecular complexity index is 556. The average Bonchev–Trinajstić information content (AvgIpc) is 2.53. The third kappa shape index (κ3) is 3.36. The molecule has 1 aromatic rings. The number of carbonyl (C=O) groups is 3. The standard InChI is InChI=1S/C14H17N3O4/c1-15-12(18)11-5-4-9(7-16-11)13(19)17-6-2-3-10(8-17)14(20)21/h4-5,7,10H,2-3,6,8H2,1H3,(H,15,18)(H,20,21). The Morgan fingerprint density at radius 1 is 1.38 bits per heavy atom. The number of nitrogens with one attached hydrogen (secondary N) is 1. The molecule has 1 unspecified atom stereocenters. The number of pyridine rings is 1. The summed E-state index contributed by atoms with van der Waals surface area (Å²) in [5.74, 6) is -1.96. The van der Waals surface area contributed by atoms with Gasteiger partial charge in [-0.3, -0.25) is 19.4 Å². The molecule has 0 spiro atoms. The van der Waals surface area contributed by atoms with E-state index in [1.54, 1.807) is 0 Å². The van der Waals surface area contributed by atoms with Gasteiger partial charge in [-0.2, -0.15) is 0 Å². The van der Waals surface area contributed by atoms with Crippen LogP contribution in [0.25, 0.3) is 0 Å². The number of likely N-dealkylation sites (tertiary alicyclic amines) is 1. The molecular formula is C14H17N3O4.